The number of aliphatic carboxylic acids is 1. The highest BCUT2D eigenvalue weighted by Gasteiger charge is 2.26. The van der Waals surface area contributed by atoms with Gasteiger partial charge in [0.2, 0.25) is 5.91 Å². The molecule has 3 unspecified atom stereocenters. The van der Waals surface area contributed by atoms with Gasteiger partial charge >= 0.3 is 12.0 Å². The molecule has 0 aromatic rings. The third-order valence-corrected chi connectivity index (χ3v) is 3.42. The molecule has 0 radical (unpaired) electrons. The summed E-state index contributed by atoms with van der Waals surface area (Å²) in [6.45, 7) is 0. The molecule has 20 heavy (non-hydrogen) atoms. The van der Waals surface area contributed by atoms with Crippen LogP contribution >= 0.6 is 0 Å². The van der Waals surface area contributed by atoms with E-state index < -0.39 is 23.9 Å². The summed E-state index contributed by atoms with van der Waals surface area (Å²) >= 11 is 0. The van der Waals surface area contributed by atoms with E-state index in [9.17, 15) is 14.4 Å². The van der Waals surface area contributed by atoms with Crippen LogP contribution in [0.25, 0.3) is 0 Å². The number of hydrogen-bond acceptors (Lipinski definition) is 4. The van der Waals surface area contributed by atoms with Gasteiger partial charge < -0.3 is 27.2 Å². The monoisotopic (exact) mass is 286 g/mol. The zero-order valence-electron chi connectivity index (χ0n) is 11.3. The first-order valence-corrected chi connectivity index (χ1v) is 6.74. The number of carbonyl (C=O) groups excluding carboxylic acids is 2. The molecule has 8 heteroatoms. The lowest BCUT2D eigenvalue weighted by molar-refractivity contribution is -0.139. The fourth-order valence-corrected chi connectivity index (χ4v) is 2.25. The van der Waals surface area contributed by atoms with Gasteiger partial charge in [0, 0.05) is 18.5 Å². The second-order valence-electron chi connectivity index (χ2n) is 5.07. The summed E-state index contributed by atoms with van der Waals surface area (Å²) in [7, 11) is 0. The number of nitrogens with one attached hydrogen (secondary N) is 2. The van der Waals surface area contributed by atoms with Crippen molar-refractivity contribution in [3.63, 3.8) is 0 Å². The van der Waals surface area contributed by atoms with Crippen molar-refractivity contribution in [2.24, 2.45) is 11.5 Å². The summed E-state index contributed by atoms with van der Waals surface area (Å²) in [5.41, 5.74) is 10.9. The first-order valence-electron chi connectivity index (χ1n) is 6.74. The van der Waals surface area contributed by atoms with Crippen LogP contribution < -0.4 is 22.1 Å². The molecule has 3 atom stereocenters. The zero-order valence-corrected chi connectivity index (χ0v) is 11.3. The highest BCUT2D eigenvalue weighted by molar-refractivity contribution is 5.83. The van der Waals surface area contributed by atoms with Crippen LogP contribution in [-0.4, -0.2) is 41.1 Å². The molecule has 1 fully saturated rings. The lowest BCUT2D eigenvalue weighted by Gasteiger charge is -2.29. The molecule has 1 rings (SSSR count). The quantitative estimate of drug-likeness (QED) is 0.437. The van der Waals surface area contributed by atoms with Crippen LogP contribution in [0.3, 0.4) is 0 Å². The number of nitrogens with two attached hydrogens (primary N) is 2. The van der Waals surface area contributed by atoms with Gasteiger partial charge in [-0.15, -0.1) is 0 Å². The topological polar surface area (TPSA) is 148 Å². The van der Waals surface area contributed by atoms with Crippen molar-refractivity contribution < 1.29 is 19.5 Å². The molecule has 0 bridgehead atoms. The number of primary amides is 1. The van der Waals surface area contributed by atoms with E-state index in [0.29, 0.717) is 0 Å². The van der Waals surface area contributed by atoms with E-state index in [1.165, 1.54) is 0 Å². The summed E-state index contributed by atoms with van der Waals surface area (Å²) in [6.07, 6.45) is 3.53. The van der Waals surface area contributed by atoms with E-state index in [4.69, 9.17) is 16.6 Å². The van der Waals surface area contributed by atoms with Crippen molar-refractivity contribution in [2.45, 2.75) is 56.7 Å². The fraction of sp³-hybridized carbons (Fsp3) is 0.750. The number of urea groups is 1. The Morgan fingerprint density at radius 1 is 1.25 bits per heavy atom. The summed E-state index contributed by atoms with van der Waals surface area (Å²) in [4.78, 5) is 33.4. The third kappa shape index (κ3) is 5.43. The molecule has 7 N–H and O–H groups in total. The molecular formula is C12H22N4O4. The van der Waals surface area contributed by atoms with Crippen LogP contribution in [0, 0.1) is 0 Å². The van der Waals surface area contributed by atoms with Crippen LogP contribution in [0.15, 0.2) is 0 Å². The van der Waals surface area contributed by atoms with Crippen molar-refractivity contribution in [3.05, 3.63) is 0 Å². The van der Waals surface area contributed by atoms with Gasteiger partial charge in [0.1, 0.15) is 6.04 Å². The van der Waals surface area contributed by atoms with Gasteiger partial charge in [-0.3, -0.25) is 4.79 Å². The number of carboxylic acids is 1. The lowest BCUT2D eigenvalue weighted by atomic mass is 9.91. The van der Waals surface area contributed by atoms with Crippen LogP contribution in [0.1, 0.15) is 38.5 Å². The van der Waals surface area contributed by atoms with Crippen LogP contribution in [0.2, 0.25) is 0 Å². The average Bonchev–Trinajstić information content (AvgIpc) is 2.36. The molecule has 3 amide bonds. The van der Waals surface area contributed by atoms with Gasteiger partial charge in [0.15, 0.2) is 0 Å². The van der Waals surface area contributed by atoms with E-state index in [0.717, 1.165) is 25.7 Å². The van der Waals surface area contributed by atoms with Crippen LogP contribution in [0.5, 0.6) is 0 Å². The predicted molar refractivity (Wildman–Crippen MR) is 71.8 cm³/mol. The maximum Gasteiger partial charge on any atom is 0.326 e. The van der Waals surface area contributed by atoms with Crippen molar-refractivity contribution in [1.82, 2.24) is 10.6 Å². The molecule has 1 aliphatic carbocycles. The lowest BCUT2D eigenvalue weighted by Crippen LogP contribution is -2.54. The largest absolute Gasteiger partial charge is 0.480 e. The Kier molecular flexibility index (Phi) is 6.23. The molecule has 1 saturated carbocycles. The second kappa shape index (κ2) is 7.68. The summed E-state index contributed by atoms with van der Waals surface area (Å²) in [5, 5.41) is 14.0. The van der Waals surface area contributed by atoms with Gasteiger partial charge in [-0.25, -0.2) is 9.59 Å². The number of rotatable bonds is 6. The SMILES string of the molecule is NC(=O)CCC(NC(=O)NC1CCCCC1N)C(=O)O. The number of hydrogen-bond donors (Lipinski definition) is 5. The Morgan fingerprint density at radius 2 is 1.90 bits per heavy atom. The van der Waals surface area contributed by atoms with Crippen molar-refractivity contribution in [3.8, 4) is 0 Å². The van der Waals surface area contributed by atoms with Crippen molar-refractivity contribution >= 4 is 17.9 Å². The Bertz CT molecular complexity index is 374. The normalized spacial score (nSPS) is 23.6. The van der Waals surface area contributed by atoms with Gasteiger partial charge in [0.25, 0.3) is 0 Å². The average molecular weight is 286 g/mol. The van der Waals surface area contributed by atoms with Gasteiger partial charge in [-0.2, -0.15) is 0 Å². The summed E-state index contributed by atoms with van der Waals surface area (Å²) in [6, 6.07) is -1.97. The zero-order chi connectivity index (χ0) is 15.1. The fourth-order valence-electron chi connectivity index (χ4n) is 2.25. The molecule has 0 saturated heterocycles. The first kappa shape index (κ1) is 16.2. The van der Waals surface area contributed by atoms with Gasteiger partial charge in [0.05, 0.1) is 0 Å². The van der Waals surface area contributed by atoms with Gasteiger partial charge in [-0.05, 0) is 19.3 Å². The predicted octanol–water partition coefficient (Wildman–Crippen LogP) is -0.726. The maximum absolute atomic E-state index is 11.8. The van der Waals surface area contributed by atoms with E-state index in [1.54, 1.807) is 0 Å². The highest BCUT2D eigenvalue weighted by Crippen LogP contribution is 2.16. The van der Waals surface area contributed by atoms with E-state index in [1.807, 2.05) is 0 Å². The Balaban J connectivity index is 2.44. The molecule has 114 valence electrons. The van der Waals surface area contributed by atoms with E-state index in [-0.39, 0.29) is 24.9 Å². The number of amides is 3. The minimum Gasteiger partial charge on any atom is -0.480 e. The van der Waals surface area contributed by atoms with Crippen molar-refractivity contribution in [2.75, 3.05) is 0 Å². The summed E-state index contributed by atoms with van der Waals surface area (Å²) in [5.74, 6) is -1.80. The molecule has 0 aromatic heterocycles. The minimum absolute atomic E-state index is 0.0329. The first-order chi connectivity index (χ1) is 9.40. The Labute approximate surface area is 117 Å². The number of carbonyl (C=O) groups is 3. The standard InChI is InChI=1S/C12H22N4O4/c13-7-3-1-2-4-8(7)15-12(20)16-9(11(18)19)5-6-10(14)17/h7-9H,1-6,13H2,(H2,14,17)(H,18,19)(H2,15,16,20). The maximum atomic E-state index is 11.8. The van der Waals surface area contributed by atoms with Crippen LogP contribution in [0.4, 0.5) is 4.79 Å². The Hall–Kier alpha value is -1.83. The Morgan fingerprint density at radius 3 is 2.45 bits per heavy atom. The number of carboxylic acid groups (broad SMARTS) is 1. The molecule has 8 nitrogen and oxygen atoms in total. The molecular weight excluding hydrogens is 264 g/mol. The van der Waals surface area contributed by atoms with Crippen molar-refractivity contribution in [1.29, 1.82) is 0 Å². The highest BCUT2D eigenvalue weighted by atomic mass is 16.4. The molecule has 0 spiro atoms. The molecule has 0 aromatic carbocycles. The van der Waals surface area contributed by atoms with Crippen LogP contribution in [-0.2, 0) is 9.59 Å². The third-order valence-electron chi connectivity index (χ3n) is 3.42. The summed E-state index contributed by atoms with van der Waals surface area (Å²) < 4.78 is 0. The van der Waals surface area contributed by atoms with E-state index in [2.05, 4.69) is 10.6 Å². The van der Waals surface area contributed by atoms with Gasteiger partial charge in [-0.1, -0.05) is 12.8 Å². The molecule has 0 heterocycles. The molecule has 0 aliphatic heterocycles. The smallest absolute Gasteiger partial charge is 0.326 e. The second-order valence-corrected chi connectivity index (χ2v) is 5.07. The van der Waals surface area contributed by atoms with E-state index >= 15 is 0 Å². The molecule has 1 aliphatic rings. The minimum atomic E-state index is -1.20.